The molecule has 2 N–H and O–H groups in total. The van der Waals surface area contributed by atoms with Crippen LogP contribution in [0.5, 0.6) is 0 Å². The van der Waals surface area contributed by atoms with E-state index in [2.05, 4.69) is 21.4 Å². The predicted molar refractivity (Wildman–Crippen MR) is 130 cm³/mol. The van der Waals surface area contributed by atoms with Gasteiger partial charge in [0.25, 0.3) is 0 Å². The van der Waals surface area contributed by atoms with Crippen molar-refractivity contribution in [2.75, 3.05) is 20.2 Å². The van der Waals surface area contributed by atoms with Gasteiger partial charge in [0.2, 0.25) is 5.91 Å². The Bertz CT molecular complexity index is 1120. The standard InChI is InChI=1S/C26H33N5O5/c1-25(2,3)36-24(34)31-14-19(10-20(15-31)23(33)35-5)22(32)30-26(4,21-13-28-16-29-21)11-17-6-8-18(12-27)9-7-17/h6-9,13,16,19-20H,10-11,14-15H2,1-5H3,(H,28,29)(H,30,32)/t19-,20+,26?/m0/s1. The largest absolute Gasteiger partial charge is 0.469 e. The van der Waals surface area contributed by atoms with Crippen molar-refractivity contribution in [3.8, 4) is 6.07 Å². The highest BCUT2D eigenvalue weighted by molar-refractivity contribution is 5.83. The molecular formula is C26H33N5O5. The molecule has 1 aliphatic heterocycles. The van der Waals surface area contributed by atoms with Gasteiger partial charge in [-0.2, -0.15) is 5.26 Å². The summed E-state index contributed by atoms with van der Waals surface area (Å²) in [5.41, 5.74) is 0.580. The first-order chi connectivity index (χ1) is 16.9. The van der Waals surface area contributed by atoms with Crippen LogP contribution in [0.1, 0.15) is 50.9 Å². The number of aromatic amines is 1. The fraction of sp³-hybridized carbons (Fsp3) is 0.500. The van der Waals surface area contributed by atoms with Gasteiger partial charge in [-0.15, -0.1) is 0 Å². The number of hydrogen-bond donors (Lipinski definition) is 2. The lowest BCUT2D eigenvalue weighted by molar-refractivity contribution is -0.148. The van der Waals surface area contributed by atoms with E-state index < -0.39 is 35.0 Å². The first-order valence-electron chi connectivity index (χ1n) is 11.8. The third kappa shape index (κ3) is 6.62. The topological polar surface area (TPSA) is 137 Å². The van der Waals surface area contributed by atoms with Crippen LogP contribution in [0.3, 0.4) is 0 Å². The highest BCUT2D eigenvalue weighted by atomic mass is 16.6. The lowest BCUT2D eigenvalue weighted by atomic mass is 9.85. The first-order valence-corrected chi connectivity index (χ1v) is 11.8. The molecule has 0 spiro atoms. The second-order valence-electron chi connectivity index (χ2n) is 10.3. The maximum absolute atomic E-state index is 13.6. The van der Waals surface area contributed by atoms with Crippen molar-refractivity contribution in [1.29, 1.82) is 5.26 Å². The van der Waals surface area contributed by atoms with Crippen LogP contribution in [0.25, 0.3) is 0 Å². The normalized spacial score (nSPS) is 19.5. The molecule has 2 aromatic rings. The molecule has 1 saturated heterocycles. The van der Waals surface area contributed by atoms with Crippen molar-refractivity contribution in [3.63, 3.8) is 0 Å². The van der Waals surface area contributed by atoms with Crippen molar-refractivity contribution in [2.24, 2.45) is 11.8 Å². The number of nitrogens with zero attached hydrogens (tertiary/aromatic N) is 3. The number of benzene rings is 1. The number of rotatable bonds is 6. The highest BCUT2D eigenvalue weighted by Crippen LogP contribution is 2.29. The second-order valence-corrected chi connectivity index (χ2v) is 10.3. The SMILES string of the molecule is COC(=O)[C@@H]1C[C@H](C(=O)NC(C)(Cc2ccc(C#N)cc2)c2cnc[nH]2)CN(C(=O)OC(C)(C)C)C1. The Balaban J connectivity index is 1.84. The zero-order chi connectivity index (χ0) is 26.5. The molecule has 0 bridgehead atoms. The van der Waals surface area contributed by atoms with Gasteiger partial charge in [0.15, 0.2) is 0 Å². The van der Waals surface area contributed by atoms with Crippen LogP contribution in [-0.4, -0.2) is 58.6 Å². The summed E-state index contributed by atoms with van der Waals surface area (Å²) in [6.45, 7) is 7.39. The third-order valence-electron chi connectivity index (χ3n) is 6.14. The fourth-order valence-corrected chi connectivity index (χ4v) is 4.35. The lowest BCUT2D eigenvalue weighted by Crippen LogP contribution is -2.54. The van der Waals surface area contributed by atoms with E-state index in [-0.39, 0.29) is 25.4 Å². The van der Waals surface area contributed by atoms with Crippen molar-refractivity contribution >= 4 is 18.0 Å². The Morgan fingerprint density at radius 3 is 2.39 bits per heavy atom. The Morgan fingerprint density at radius 2 is 1.83 bits per heavy atom. The number of methoxy groups -OCH3 is 1. The minimum absolute atomic E-state index is 0.115. The van der Waals surface area contributed by atoms with Gasteiger partial charge >= 0.3 is 12.1 Å². The number of imidazole rings is 1. The molecule has 2 amide bonds. The van der Waals surface area contributed by atoms with E-state index in [1.54, 1.807) is 39.1 Å². The number of esters is 1. The Kier molecular flexibility index (Phi) is 8.03. The average Bonchev–Trinajstić information content (AvgIpc) is 3.38. The van der Waals surface area contributed by atoms with E-state index in [4.69, 9.17) is 14.7 Å². The number of nitrogens with one attached hydrogen (secondary N) is 2. The van der Waals surface area contributed by atoms with Gasteiger partial charge in [-0.1, -0.05) is 12.1 Å². The van der Waals surface area contributed by atoms with Crippen molar-refractivity contribution in [1.82, 2.24) is 20.2 Å². The summed E-state index contributed by atoms with van der Waals surface area (Å²) in [5, 5.41) is 12.2. The molecule has 1 unspecified atom stereocenters. The number of piperidine rings is 1. The summed E-state index contributed by atoms with van der Waals surface area (Å²) in [6, 6.07) is 9.24. The van der Waals surface area contributed by atoms with Crippen molar-refractivity contribution in [3.05, 3.63) is 53.6 Å². The molecule has 10 nitrogen and oxygen atoms in total. The summed E-state index contributed by atoms with van der Waals surface area (Å²) in [7, 11) is 1.29. The number of carbonyl (C=O) groups is 3. The minimum Gasteiger partial charge on any atom is -0.469 e. The molecule has 3 rings (SSSR count). The maximum Gasteiger partial charge on any atom is 0.410 e. The highest BCUT2D eigenvalue weighted by Gasteiger charge is 2.41. The number of H-pyrrole nitrogens is 1. The van der Waals surface area contributed by atoms with Gasteiger partial charge in [-0.05, 0) is 51.8 Å². The van der Waals surface area contributed by atoms with Crippen LogP contribution >= 0.6 is 0 Å². The fourth-order valence-electron chi connectivity index (χ4n) is 4.35. The smallest absolute Gasteiger partial charge is 0.410 e. The van der Waals surface area contributed by atoms with E-state index in [0.29, 0.717) is 17.7 Å². The van der Waals surface area contributed by atoms with E-state index in [9.17, 15) is 14.4 Å². The number of hydrogen-bond acceptors (Lipinski definition) is 7. The third-order valence-corrected chi connectivity index (χ3v) is 6.14. The molecule has 1 fully saturated rings. The van der Waals surface area contributed by atoms with E-state index in [1.165, 1.54) is 18.3 Å². The molecule has 0 aliphatic carbocycles. The lowest BCUT2D eigenvalue weighted by Gasteiger charge is -2.38. The molecule has 36 heavy (non-hydrogen) atoms. The van der Waals surface area contributed by atoms with Crippen LogP contribution in [-0.2, 0) is 31.0 Å². The average molecular weight is 496 g/mol. The number of nitriles is 1. The van der Waals surface area contributed by atoms with Crippen molar-refractivity contribution < 1.29 is 23.9 Å². The van der Waals surface area contributed by atoms with Crippen molar-refractivity contribution in [2.45, 2.75) is 51.7 Å². The number of carbonyl (C=O) groups excluding carboxylic acids is 3. The number of aromatic nitrogens is 2. The van der Waals surface area contributed by atoms with Gasteiger partial charge in [0.05, 0.1) is 54.3 Å². The summed E-state index contributed by atoms with van der Waals surface area (Å²) >= 11 is 0. The molecule has 192 valence electrons. The molecule has 0 saturated carbocycles. The second kappa shape index (κ2) is 10.8. The molecule has 3 atom stereocenters. The van der Waals surface area contributed by atoms with Gasteiger partial charge in [0.1, 0.15) is 5.60 Å². The van der Waals surface area contributed by atoms with E-state index >= 15 is 0 Å². The number of likely N-dealkylation sites (tertiary alicyclic amines) is 1. The summed E-state index contributed by atoms with van der Waals surface area (Å²) < 4.78 is 10.4. The first kappa shape index (κ1) is 26.7. The van der Waals surface area contributed by atoms with Gasteiger partial charge in [-0.3, -0.25) is 9.59 Å². The summed E-state index contributed by atoms with van der Waals surface area (Å²) in [4.78, 5) is 47.4. The molecule has 1 aromatic heterocycles. The Hall–Kier alpha value is -3.87. The van der Waals surface area contributed by atoms with Crippen LogP contribution < -0.4 is 5.32 Å². The molecule has 10 heteroatoms. The van der Waals surface area contributed by atoms with Gasteiger partial charge < -0.3 is 24.7 Å². The van der Waals surface area contributed by atoms with E-state index in [0.717, 1.165) is 5.56 Å². The van der Waals surface area contributed by atoms with Gasteiger partial charge in [0, 0.05) is 19.5 Å². The molecule has 1 aromatic carbocycles. The van der Waals surface area contributed by atoms with Gasteiger partial charge in [-0.25, -0.2) is 9.78 Å². The van der Waals surface area contributed by atoms with Crippen LogP contribution in [0.15, 0.2) is 36.8 Å². The zero-order valence-corrected chi connectivity index (χ0v) is 21.3. The number of ether oxygens (including phenoxy) is 2. The summed E-state index contributed by atoms with van der Waals surface area (Å²) in [6.07, 6.45) is 3.28. The Morgan fingerprint density at radius 1 is 1.17 bits per heavy atom. The Labute approximate surface area is 211 Å². The predicted octanol–water partition coefficient (Wildman–Crippen LogP) is 2.90. The van der Waals surface area contributed by atoms with Crippen LogP contribution in [0.4, 0.5) is 4.79 Å². The monoisotopic (exact) mass is 495 g/mol. The van der Waals surface area contributed by atoms with E-state index in [1.807, 2.05) is 19.1 Å². The maximum atomic E-state index is 13.6. The molecular weight excluding hydrogens is 462 g/mol. The van der Waals surface area contributed by atoms with Crippen LogP contribution in [0.2, 0.25) is 0 Å². The van der Waals surface area contributed by atoms with Crippen LogP contribution in [0, 0.1) is 23.2 Å². The minimum atomic E-state index is -0.864. The zero-order valence-electron chi connectivity index (χ0n) is 21.3. The number of amides is 2. The molecule has 0 radical (unpaired) electrons. The molecule has 1 aliphatic rings. The molecule has 2 heterocycles. The quantitative estimate of drug-likeness (QED) is 0.588. The summed E-state index contributed by atoms with van der Waals surface area (Å²) in [5.74, 6) is -2.08.